The van der Waals surface area contributed by atoms with Crippen LogP contribution in [0, 0.1) is 11.3 Å². The normalized spacial score (nSPS) is 20.8. The highest BCUT2D eigenvalue weighted by atomic mass is 35.5. The molecule has 218 valence electrons. The summed E-state index contributed by atoms with van der Waals surface area (Å²) < 4.78 is 6.22. The highest BCUT2D eigenvalue weighted by Gasteiger charge is 2.32. The number of benzene rings is 1. The number of aromatic nitrogens is 3. The minimum absolute atomic E-state index is 0.175. The number of likely N-dealkylation sites (N-methyl/N-ethyl adjacent to an activating group) is 1. The average molecular weight is 604 g/mol. The molecule has 2 atom stereocenters. The Bertz CT molecular complexity index is 1560. The maximum atomic E-state index is 12.5. The number of hydrogen-bond donors (Lipinski definition) is 0. The number of pyridine rings is 1. The first-order valence-corrected chi connectivity index (χ1v) is 15.8. The zero-order chi connectivity index (χ0) is 29.2. The predicted octanol–water partition coefficient (Wildman–Crippen LogP) is 4.97. The van der Waals surface area contributed by atoms with E-state index in [4.69, 9.17) is 31.3 Å². The molecule has 5 heterocycles. The molecule has 6 rings (SSSR count). The average Bonchev–Trinajstić information content (AvgIpc) is 3.43. The van der Waals surface area contributed by atoms with Crippen LogP contribution in [0.5, 0.6) is 6.01 Å². The predicted molar refractivity (Wildman–Crippen MR) is 166 cm³/mol. The van der Waals surface area contributed by atoms with Crippen molar-refractivity contribution < 1.29 is 9.53 Å². The number of ether oxygens (including phenoxy) is 1. The van der Waals surface area contributed by atoms with E-state index in [0.29, 0.717) is 59.9 Å². The van der Waals surface area contributed by atoms with Crippen LogP contribution in [0.1, 0.15) is 31.2 Å². The van der Waals surface area contributed by atoms with Crippen molar-refractivity contribution in [3.05, 3.63) is 47.5 Å². The molecular formula is C31H34ClN7O2S. The minimum atomic E-state index is -0.300. The Morgan fingerprint density at radius 2 is 2.12 bits per heavy atom. The summed E-state index contributed by atoms with van der Waals surface area (Å²) in [5.74, 6) is 1.54. The topological polar surface area (TPSA) is 98.5 Å². The highest BCUT2D eigenvalue weighted by molar-refractivity contribution is 7.99. The summed E-state index contributed by atoms with van der Waals surface area (Å²) in [7, 11) is 2.11. The van der Waals surface area contributed by atoms with Crippen molar-refractivity contribution in [2.75, 3.05) is 50.5 Å². The summed E-state index contributed by atoms with van der Waals surface area (Å²) >= 11 is 8.82. The van der Waals surface area contributed by atoms with Gasteiger partial charge in [-0.2, -0.15) is 15.2 Å². The number of rotatable bonds is 7. The van der Waals surface area contributed by atoms with Crippen molar-refractivity contribution in [1.29, 1.82) is 5.26 Å². The van der Waals surface area contributed by atoms with Crippen LogP contribution in [0.25, 0.3) is 22.3 Å². The molecule has 3 aliphatic heterocycles. The van der Waals surface area contributed by atoms with Crippen LogP contribution in [0.2, 0.25) is 5.02 Å². The second-order valence-corrected chi connectivity index (χ2v) is 12.6. The first kappa shape index (κ1) is 28.7. The number of hydrogen-bond acceptors (Lipinski definition) is 9. The molecule has 0 aliphatic carbocycles. The lowest BCUT2D eigenvalue weighted by Crippen LogP contribution is -2.55. The van der Waals surface area contributed by atoms with Gasteiger partial charge in [-0.15, -0.1) is 11.8 Å². The van der Waals surface area contributed by atoms with Gasteiger partial charge < -0.3 is 19.4 Å². The van der Waals surface area contributed by atoms with E-state index in [1.165, 1.54) is 16.5 Å². The van der Waals surface area contributed by atoms with Crippen molar-refractivity contribution >= 4 is 46.1 Å². The van der Waals surface area contributed by atoms with E-state index in [1.54, 1.807) is 4.90 Å². The van der Waals surface area contributed by atoms with Gasteiger partial charge in [0.2, 0.25) is 5.91 Å². The molecule has 0 bridgehead atoms. The van der Waals surface area contributed by atoms with Crippen LogP contribution >= 0.6 is 23.4 Å². The van der Waals surface area contributed by atoms with Gasteiger partial charge in [-0.05, 0) is 62.7 Å². The Balaban J connectivity index is 1.42. The lowest BCUT2D eigenvalue weighted by Gasteiger charge is -2.41. The second kappa shape index (κ2) is 12.5. The maximum Gasteiger partial charge on any atom is 0.320 e. The van der Waals surface area contributed by atoms with Gasteiger partial charge in [-0.3, -0.25) is 4.79 Å². The molecule has 0 spiro atoms. The van der Waals surface area contributed by atoms with E-state index in [1.807, 2.05) is 17.8 Å². The Morgan fingerprint density at radius 3 is 2.90 bits per heavy atom. The number of thioether (sulfide) groups is 1. The lowest BCUT2D eigenvalue weighted by atomic mass is 10.0. The van der Waals surface area contributed by atoms with Crippen molar-refractivity contribution in [2.24, 2.45) is 0 Å². The van der Waals surface area contributed by atoms with E-state index < -0.39 is 0 Å². The first-order valence-electron chi connectivity index (χ1n) is 14.5. The zero-order valence-corrected chi connectivity index (χ0v) is 25.3. The molecule has 9 nitrogen and oxygen atoms in total. The molecule has 1 aromatic carbocycles. The Kier molecular flexibility index (Phi) is 8.52. The standard InChI is InChI=1S/C31H34ClN7O2S/c1-3-26(40)39-15-14-38(18-21(39)11-12-33)30-24-17-25(32)27(23-10-4-7-20-8-6-16-42-28(20)23)34-29(24)35-31(36-30)41-19-22-9-5-13-37(22)2/h3-4,7,10,17,21-22H,1,5-6,8-9,11,13-16,18-19H2,2H3/t21-,22-/m0/s1. The van der Waals surface area contributed by atoms with Crippen molar-refractivity contribution in [2.45, 2.75) is 49.1 Å². The van der Waals surface area contributed by atoms with Crippen LogP contribution in [0.3, 0.4) is 0 Å². The van der Waals surface area contributed by atoms with E-state index in [-0.39, 0.29) is 24.4 Å². The van der Waals surface area contributed by atoms with E-state index >= 15 is 0 Å². The molecule has 0 unspecified atom stereocenters. The number of likely N-dealkylation sites (tertiary alicyclic amines) is 1. The molecule has 3 aromatic rings. The van der Waals surface area contributed by atoms with Gasteiger partial charge in [0.25, 0.3) is 0 Å². The van der Waals surface area contributed by atoms with Crippen molar-refractivity contribution in [1.82, 2.24) is 24.8 Å². The summed E-state index contributed by atoms with van der Waals surface area (Å²) in [6, 6.07) is 10.7. The van der Waals surface area contributed by atoms with Crippen LogP contribution in [-0.2, 0) is 11.2 Å². The van der Waals surface area contributed by atoms with Gasteiger partial charge >= 0.3 is 6.01 Å². The molecule has 2 saturated heterocycles. The Morgan fingerprint density at radius 1 is 1.24 bits per heavy atom. The van der Waals surface area contributed by atoms with E-state index in [9.17, 15) is 10.1 Å². The smallest absolute Gasteiger partial charge is 0.320 e. The number of nitrogens with zero attached hydrogens (tertiary/aromatic N) is 7. The van der Waals surface area contributed by atoms with E-state index in [0.717, 1.165) is 43.5 Å². The summed E-state index contributed by atoms with van der Waals surface area (Å²) in [6.45, 7) is 6.58. The quantitative estimate of drug-likeness (QED) is 0.347. The minimum Gasteiger partial charge on any atom is -0.462 e. The molecule has 11 heteroatoms. The largest absolute Gasteiger partial charge is 0.462 e. The molecule has 2 fully saturated rings. The number of amides is 1. The fraction of sp³-hybridized carbons (Fsp3) is 0.452. The van der Waals surface area contributed by atoms with Crippen molar-refractivity contribution in [3.8, 4) is 23.3 Å². The molecule has 42 heavy (non-hydrogen) atoms. The fourth-order valence-electron chi connectivity index (χ4n) is 6.16. The van der Waals surface area contributed by atoms with Crippen LogP contribution in [0.4, 0.5) is 5.82 Å². The number of anilines is 1. The van der Waals surface area contributed by atoms with Crippen LogP contribution in [-0.4, -0.2) is 88.3 Å². The highest BCUT2D eigenvalue weighted by Crippen LogP contribution is 2.41. The molecule has 3 aliphatic rings. The molecular weight excluding hydrogens is 570 g/mol. The number of carbonyl (C=O) groups excluding carboxylic acids is 1. The van der Waals surface area contributed by atoms with E-state index in [2.05, 4.69) is 47.7 Å². The zero-order valence-electron chi connectivity index (χ0n) is 23.8. The van der Waals surface area contributed by atoms with Gasteiger partial charge in [0.05, 0.1) is 34.6 Å². The number of piperazine rings is 1. The molecule has 1 amide bonds. The summed E-state index contributed by atoms with van der Waals surface area (Å²) in [5.41, 5.74) is 3.55. The molecule has 2 aromatic heterocycles. The third-order valence-corrected chi connectivity index (χ3v) is 9.98. The third-order valence-electron chi connectivity index (χ3n) is 8.43. The van der Waals surface area contributed by atoms with Gasteiger partial charge in [-0.25, -0.2) is 4.98 Å². The summed E-state index contributed by atoms with van der Waals surface area (Å²) in [6.07, 6.45) is 5.93. The van der Waals surface area contributed by atoms with Crippen LogP contribution in [0.15, 0.2) is 41.8 Å². The first-order chi connectivity index (χ1) is 20.5. The van der Waals surface area contributed by atoms with Crippen molar-refractivity contribution in [3.63, 3.8) is 0 Å². The molecule has 0 N–H and O–H groups in total. The maximum absolute atomic E-state index is 12.5. The van der Waals surface area contributed by atoms with Gasteiger partial charge in [0.15, 0.2) is 5.65 Å². The van der Waals surface area contributed by atoms with Gasteiger partial charge in [0.1, 0.15) is 12.4 Å². The number of carbonyl (C=O) groups is 1. The number of nitriles is 1. The second-order valence-electron chi connectivity index (χ2n) is 11.1. The van der Waals surface area contributed by atoms with Gasteiger partial charge in [0, 0.05) is 36.1 Å². The SMILES string of the molecule is C=CC(=O)N1CCN(c2nc(OC[C@@H]3CCCN3C)nc3nc(-c4cccc5c4SCCC5)c(Cl)cc23)C[C@@H]1CC#N. The third kappa shape index (κ3) is 5.65. The van der Waals surface area contributed by atoms with Crippen LogP contribution < -0.4 is 9.64 Å². The monoisotopic (exact) mass is 603 g/mol. The number of halogens is 1. The fourth-order valence-corrected chi connectivity index (χ4v) is 7.58. The summed E-state index contributed by atoms with van der Waals surface area (Å²) in [5, 5.41) is 10.8. The number of fused-ring (bicyclic) bond motifs is 2. The molecule has 0 saturated carbocycles. The van der Waals surface area contributed by atoms with Gasteiger partial charge in [-0.1, -0.05) is 36.4 Å². The summed E-state index contributed by atoms with van der Waals surface area (Å²) in [4.78, 5) is 34.5. The molecule has 0 radical (unpaired) electrons. The Hall–Kier alpha value is -3.39. The number of aryl methyl sites for hydroxylation is 1. The lowest BCUT2D eigenvalue weighted by molar-refractivity contribution is -0.128. The Labute approximate surface area is 255 Å².